The zero-order valence-corrected chi connectivity index (χ0v) is 17.0. The Morgan fingerprint density at radius 3 is 2.55 bits per heavy atom. The first-order chi connectivity index (χ1) is 14.2. The second-order valence-corrected chi connectivity index (χ2v) is 7.61. The molecule has 0 bridgehead atoms. The summed E-state index contributed by atoms with van der Waals surface area (Å²) in [5.41, 5.74) is 2.02. The molecule has 0 fully saturated rings. The van der Waals surface area contributed by atoms with Gasteiger partial charge in [0.1, 0.15) is 5.82 Å². The molecule has 0 saturated carbocycles. The summed E-state index contributed by atoms with van der Waals surface area (Å²) in [6.07, 6.45) is 0.727. The highest BCUT2D eigenvalue weighted by Gasteiger charge is 2.14. The van der Waals surface area contributed by atoms with Gasteiger partial charge in [-0.2, -0.15) is 0 Å². The lowest BCUT2D eigenvalue weighted by Gasteiger charge is -2.09. The molecular weight excluding hydrogens is 380 g/mol. The van der Waals surface area contributed by atoms with E-state index in [2.05, 4.69) is 39.1 Å². The van der Waals surface area contributed by atoms with Gasteiger partial charge in [0.05, 0.1) is 5.75 Å². The van der Waals surface area contributed by atoms with Gasteiger partial charge in [0.15, 0.2) is 5.16 Å². The smallest absolute Gasteiger partial charge is 0.234 e. The van der Waals surface area contributed by atoms with Crippen molar-refractivity contribution in [1.82, 2.24) is 14.8 Å². The molecule has 1 aromatic heterocycles. The van der Waals surface area contributed by atoms with Crippen LogP contribution in [0, 0.1) is 0 Å². The van der Waals surface area contributed by atoms with Crippen LogP contribution >= 0.6 is 11.8 Å². The second kappa shape index (κ2) is 8.92. The molecule has 1 N–H and O–H groups in total. The van der Waals surface area contributed by atoms with Crippen molar-refractivity contribution in [2.45, 2.75) is 25.0 Å². The zero-order chi connectivity index (χ0) is 20.1. The SMILES string of the molecule is CCn1c(Cc2ccccc2)nnc1SCC(=O)Nc1cccc2ccccc12. The third-order valence-electron chi connectivity index (χ3n) is 4.71. The molecule has 1 heterocycles. The van der Waals surface area contributed by atoms with E-state index >= 15 is 0 Å². The number of thioether (sulfide) groups is 1. The van der Waals surface area contributed by atoms with Crippen LogP contribution in [0.3, 0.4) is 0 Å². The fourth-order valence-corrected chi connectivity index (χ4v) is 4.12. The topological polar surface area (TPSA) is 59.8 Å². The minimum Gasteiger partial charge on any atom is -0.325 e. The number of hydrogen-bond acceptors (Lipinski definition) is 4. The van der Waals surface area contributed by atoms with Crippen LogP contribution in [0.1, 0.15) is 18.3 Å². The van der Waals surface area contributed by atoms with Crippen LogP contribution in [0.25, 0.3) is 10.8 Å². The number of carbonyl (C=O) groups excluding carboxylic acids is 1. The predicted octanol–water partition coefficient (Wildman–Crippen LogP) is 4.77. The normalized spacial score (nSPS) is 10.9. The van der Waals surface area contributed by atoms with Crippen molar-refractivity contribution >= 4 is 34.1 Å². The molecule has 0 atom stereocenters. The fourth-order valence-electron chi connectivity index (χ4n) is 3.30. The molecule has 1 amide bonds. The molecule has 0 unspecified atom stereocenters. The largest absolute Gasteiger partial charge is 0.325 e. The predicted molar refractivity (Wildman–Crippen MR) is 118 cm³/mol. The summed E-state index contributed by atoms with van der Waals surface area (Å²) in [6, 6.07) is 24.2. The van der Waals surface area contributed by atoms with Gasteiger partial charge >= 0.3 is 0 Å². The Hall–Kier alpha value is -3.12. The van der Waals surface area contributed by atoms with Crippen LogP contribution in [0.2, 0.25) is 0 Å². The zero-order valence-electron chi connectivity index (χ0n) is 16.2. The van der Waals surface area contributed by atoms with Crippen molar-refractivity contribution in [3.8, 4) is 0 Å². The first kappa shape index (κ1) is 19.2. The number of nitrogens with zero attached hydrogens (tertiary/aromatic N) is 3. The quantitative estimate of drug-likeness (QED) is 0.452. The number of anilines is 1. The highest BCUT2D eigenvalue weighted by molar-refractivity contribution is 7.99. The van der Waals surface area contributed by atoms with Crippen molar-refractivity contribution in [3.05, 3.63) is 84.2 Å². The Bertz CT molecular complexity index is 1120. The van der Waals surface area contributed by atoms with Crippen molar-refractivity contribution in [2.75, 3.05) is 11.1 Å². The van der Waals surface area contributed by atoms with E-state index in [-0.39, 0.29) is 11.7 Å². The lowest BCUT2D eigenvalue weighted by Crippen LogP contribution is -2.15. The van der Waals surface area contributed by atoms with Crippen LogP contribution in [-0.2, 0) is 17.8 Å². The third kappa shape index (κ3) is 4.49. The molecule has 3 aromatic carbocycles. The van der Waals surface area contributed by atoms with Gasteiger partial charge in [0.25, 0.3) is 0 Å². The number of amides is 1. The lowest BCUT2D eigenvalue weighted by molar-refractivity contribution is -0.113. The van der Waals surface area contributed by atoms with E-state index in [1.807, 2.05) is 60.7 Å². The molecule has 4 rings (SSSR count). The molecule has 6 heteroatoms. The standard InChI is InChI=1S/C23H22N4OS/c1-2-27-21(15-17-9-4-3-5-10-17)25-26-23(27)29-16-22(28)24-20-14-8-12-18-11-6-7-13-19(18)20/h3-14H,2,15-16H2,1H3,(H,24,28). The average molecular weight is 403 g/mol. The van der Waals surface area contributed by atoms with Gasteiger partial charge in [0, 0.05) is 24.0 Å². The molecule has 0 aliphatic rings. The minimum atomic E-state index is -0.0541. The van der Waals surface area contributed by atoms with Gasteiger partial charge in [-0.15, -0.1) is 10.2 Å². The van der Waals surface area contributed by atoms with E-state index in [1.54, 1.807) is 0 Å². The van der Waals surface area contributed by atoms with E-state index in [1.165, 1.54) is 17.3 Å². The van der Waals surface area contributed by atoms with Crippen molar-refractivity contribution < 1.29 is 4.79 Å². The first-order valence-corrected chi connectivity index (χ1v) is 10.6. The molecule has 0 aliphatic carbocycles. The van der Waals surface area contributed by atoms with Crippen LogP contribution < -0.4 is 5.32 Å². The number of aromatic nitrogens is 3. The molecule has 0 saturated heterocycles. The Morgan fingerprint density at radius 2 is 1.72 bits per heavy atom. The molecule has 146 valence electrons. The Balaban J connectivity index is 1.43. The summed E-state index contributed by atoms with van der Waals surface area (Å²) >= 11 is 1.41. The van der Waals surface area contributed by atoms with Crippen molar-refractivity contribution in [3.63, 3.8) is 0 Å². The van der Waals surface area contributed by atoms with E-state index in [4.69, 9.17) is 0 Å². The first-order valence-electron chi connectivity index (χ1n) is 9.61. The Kier molecular flexibility index (Phi) is 5.91. The van der Waals surface area contributed by atoms with Crippen LogP contribution in [0.4, 0.5) is 5.69 Å². The maximum Gasteiger partial charge on any atom is 0.234 e. The maximum absolute atomic E-state index is 12.5. The van der Waals surface area contributed by atoms with Gasteiger partial charge in [-0.05, 0) is 23.9 Å². The number of nitrogens with one attached hydrogen (secondary N) is 1. The minimum absolute atomic E-state index is 0.0541. The third-order valence-corrected chi connectivity index (χ3v) is 5.68. The molecule has 4 aromatic rings. The summed E-state index contributed by atoms with van der Waals surface area (Å²) in [5.74, 6) is 1.14. The summed E-state index contributed by atoms with van der Waals surface area (Å²) in [5, 5.41) is 14.6. The highest BCUT2D eigenvalue weighted by Crippen LogP contribution is 2.24. The molecule has 0 aliphatic heterocycles. The maximum atomic E-state index is 12.5. The van der Waals surface area contributed by atoms with Crippen LogP contribution in [-0.4, -0.2) is 26.4 Å². The molecule has 0 spiro atoms. The van der Waals surface area contributed by atoms with E-state index in [0.29, 0.717) is 0 Å². The van der Waals surface area contributed by atoms with Gasteiger partial charge in [-0.1, -0.05) is 78.5 Å². The van der Waals surface area contributed by atoms with Gasteiger partial charge < -0.3 is 9.88 Å². The lowest BCUT2D eigenvalue weighted by atomic mass is 10.1. The van der Waals surface area contributed by atoms with E-state index in [0.717, 1.165) is 40.4 Å². The van der Waals surface area contributed by atoms with Crippen molar-refractivity contribution in [1.29, 1.82) is 0 Å². The van der Waals surface area contributed by atoms with Crippen LogP contribution in [0.5, 0.6) is 0 Å². The highest BCUT2D eigenvalue weighted by atomic mass is 32.2. The number of hydrogen-bond donors (Lipinski definition) is 1. The number of fused-ring (bicyclic) bond motifs is 1. The Morgan fingerprint density at radius 1 is 0.966 bits per heavy atom. The van der Waals surface area contributed by atoms with Gasteiger partial charge in [-0.3, -0.25) is 4.79 Å². The number of carbonyl (C=O) groups is 1. The van der Waals surface area contributed by atoms with Crippen LogP contribution in [0.15, 0.2) is 78.0 Å². The molecule has 5 nitrogen and oxygen atoms in total. The average Bonchev–Trinajstić information content (AvgIpc) is 3.14. The molecule has 0 radical (unpaired) electrons. The van der Waals surface area contributed by atoms with Crippen molar-refractivity contribution in [2.24, 2.45) is 0 Å². The Labute approximate surface area is 174 Å². The van der Waals surface area contributed by atoms with Gasteiger partial charge in [0.2, 0.25) is 5.91 Å². The summed E-state index contributed by atoms with van der Waals surface area (Å²) in [6.45, 7) is 2.83. The van der Waals surface area contributed by atoms with E-state index in [9.17, 15) is 4.79 Å². The molecular formula is C23H22N4OS. The monoisotopic (exact) mass is 402 g/mol. The number of benzene rings is 3. The second-order valence-electron chi connectivity index (χ2n) is 6.67. The number of rotatable bonds is 7. The van der Waals surface area contributed by atoms with E-state index < -0.39 is 0 Å². The molecule has 29 heavy (non-hydrogen) atoms. The summed E-state index contributed by atoms with van der Waals surface area (Å²) in [4.78, 5) is 12.5. The fraction of sp³-hybridized carbons (Fsp3) is 0.174. The van der Waals surface area contributed by atoms with Gasteiger partial charge in [-0.25, -0.2) is 0 Å². The summed E-state index contributed by atoms with van der Waals surface area (Å²) < 4.78 is 2.07. The summed E-state index contributed by atoms with van der Waals surface area (Å²) in [7, 11) is 0.